The first-order valence-electron chi connectivity index (χ1n) is 6.94. The molecule has 1 aliphatic rings. The molecule has 1 aliphatic heterocycles. The van der Waals surface area contributed by atoms with Crippen molar-refractivity contribution in [3.63, 3.8) is 0 Å². The van der Waals surface area contributed by atoms with Gasteiger partial charge in [-0.1, -0.05) is 13.8 Å². The number of rotatable bonds is 5. The molecule has 2 atom stereocenters. The molecule has 0 aromatic carbocycles. The Balaban J connectivity index is 2.89. The van der Waals surface area contributed by atoms with Crippen LogP contribution in [0.4, 0.5) is 0 Å². The molecule has 1 N–H and O–H groups in total. The van der Waals surface area contributed by atoms with E-state index in [0.29, 0.717) is 13.2 Å². The summed E-state index contributed by atoms with van der Waals surface area (Å²) in [6.07, 6.45) is 0. The molecule has 0 bridgehead atoms. The van der Waals surface area contributed by atoms with Gasteiger partial charge in [0.15, 0.2) is 0 Å². The summed E-state index contributed by atoms with van der Waals surface area (Å²) >= 11 is 0. The number of ether oxygens (including phenoxy) is 1. The van der Waals surface area contributed by atoms with Gasteiger partial charge in [0, 0.05) is 6.61 Å². The maximum atomic E-state index is 12.5. The van der Waals surface area contributed by atoms with Crippen LogP contribution in [0.25, 0.3) is 0 Å². The summed E-state index contributed by atoms with van der Waals surface area (Å²) < 4.78 is 5.63. The molecular weight excluding hydrogens is 244 g/mol. The van der Waals surface area contributed by atoms with E-state index in [4.69, 9.17) is 4.74 Å². The number of nitrogens with zero attached hydrogens (tertiary/aromatic N) is 1. The van der Waals surface area contributed by atoms with Gasteiger partial charge in [0.05, 0.1) is 12.1 Å². The Labute approximate surface area is 115 Å². The van der Waals surface area contributed by atoms with Crippen LogP contribution >= 0.6 is 0 Å². The van der Waals surface area contributed by atoms with Crippen molar-refractivity contribution in [2.75, 3.05) is 13.2 Å². The number of hydrogen-bond donors (Lipinski definition) is 1. The molecule has 19 heavy (non-hydrogen) atoms. The Kier molecular flexibility index (Phi) is 4.96. The molecule has 5 nitrogen and oxygen atoms in total. The van der Waals surface area contributed by atoms with Crippen molar-refractivity contribution < 1.29 is 14.3 Å². The summed E-state index contributed by atoms with van der Waals surface area (Å²) in [7, 11) is 0. The molecule has 0 radical (unpaired) electrons. The van der Waals surface area contributed by atoms with E-state index in [2.05, 4.69) is 5.32 Å². The molecule has 0 aromatic heterocycles. The van der Waals surface area contributed by atoms with Gasteiger partial charge in [-0.3, -0.25) is 9.59 Å². The summed E-state index contributed by atoms with van der Waals surface area (Å²) in [5.74, 6) is -0.0258. The van der Waals surface area contributed by atoms with Gasteiger partial charge in [-0.15, -0.1) is 0 Å². The fraction of sp³-hybridized carbons (Fsp3) is 0.857. The third-order valence-corrected chi connectivity index (χ3v) is 3.45. The fourth-order valence-electron chi connectivity index (χ4n) is 2.36. The van der Waals surface area contributed by atoms with Crippen molar-refractivity contribution >= 4 is 11.8 Å². The van der Waals surface area contributed by atoms with Crippen LogP contribution in [0.5, 0.6) is 0 Å². The number of hydrogen-bond acceptors (Lipinski definition) is 3. The van der Waals surface area contributed by atoms with E-state index in [9.17, 15) is 9.59 Å². The van der Waals surface area contributed by atoms with Crippen LogP contribution in [0.1, 0.15) is 41.5 Å². The first-order chi connectivity index (χ1) is 8.69. The summed E-state index contributed by atoms with van der Waals surface area (Å²) in [4.78, 5) is 26.1. The second-order valence-corrected chi connectivity index (χ2v) is 6.07. The highest BCUT2D eigenvalue weighted by Crippen LogP contribution is 2.20. The molecule has 1 rings (SSSR count). The smallest absolute Gasteiger partial charge is 0.246 e. The number of nitrogens with one attached hydrogen (secondary N) is 1. The van der Waals surface area contributed by atoms with E-state index in [1.54, 1.807) is 11.8 Å². The maximum absolute atomic E-state index is 12.5. The van der Waals surface area contributed by atoms with E-state index < -0.39 is 17.7 Å². The van der Waals surface area contributed by atoms with Crippen molar-refractivity contribution in [3.05, 3.63) is 0 Å². The Hall–Kier alpha value is -1.10. The van der Waals surface area contributed by atoms with Crippen molar-refractivity contribution in [1.82, 2.24) is 10.2 Å². The average Bonchev–Trinajstić information content (AvgIpc) is 2.29. The standard InChI is InChI=1S/C14H26N2O3/c1-7-19-14(5,6)8-16-10(4)12(17)15-11(9(2)3)13(16)18/h9-11H,7-8H2,1-6H3,(H,15,17). The molecule has 1 saturated heterocycles. The molecule has 1 heterocycles. The highest BCUT2D eigenvalue weighted by atomic mass is 16.5. The molecule has 0 aliphatic carbocycles. The van der Waals surface area contributed by atoms with E-state index >= 15 is 0 Å². The van der Waals surface area contributed by atoms with Crippen LogP contribution in [0.15, 0.2) is 0 Å². The molecule has 110 valence electrons. The minimum Gasteiger partial charge on any atom is -0.374 e. The quantitative estimate of drug-likeness (QED) is 0.816. The molecule has 2 unspecified atom stereocenters. The number of amides is 2. The van der Waals surface area contributed by atoms with Crippen LogP contribution in [0, 0.1) is 5.92 Å². The lowest BCUT2D eigenvalue weighted by molar-refractivity contribution is -0.154. The Bertz CT molecular complexity index is 353. The summed E-state index contributed by atoms with van der Waals surface area (Å²) in [6, 6.07) is -0.872. The van der Waals surface area contributed by atoms with Crippen LogP contribution in [0.3, 0.4) is 0 Å². The van der Waals surface area contributed by atoms with Crippen LogP contribution < -0.4 is 5.32 Å². The SMILES string of the molecule is CCOC(C)(C)CN1C(=O)C(C(C)C)NC(=O)C1C. The highest BCUT2D eigenvalue weighted by Gasteiger charge is 2.41. The van der Waals surface area contributed by atoms with Crippen LogP contribution in [0.2, 0.25) is 0 Å². The fourth-order valence-corrected chi connectivity index (χ4v) is 2.36. The van der Waals surface area contributed by atoms with E-state index in [1.165, 1.54) is 0 Å². The van der Waals surface area contributed by atoms with Crippen LogP contribution in [-0.4, -0.2) is 47.6 Å². The molecule has 0 spiro atoms. The number of carbonyl (C=O) groups is 2. The predicted octanol–water partition coefficient (Wildman–Crippen LogP) is 1.17. The van der Waals surface area contributed by atoms with E-state index in [-0.39, 0.29) is 17.7 Å². The summed E-state index contributed by atoms with van der Waals surface area (Å²) in [5.41, 5.74) is -0.447. The molecule has 1 fully saturated rings. The zero-order chi connectivity index (χ0) is 14.8. The second-order valence-electron chi connectivity index (χ2n) is 6.07. The molecule has 0 aromatic rings. The topological polar surface area (TPSA) is 58.6 Å². The van der Waals surface area contributed by atoms with Gasteiger partial charge >= 0.3 is 0 Å². The van der Waals surface area contributed by atoms with Crippen molar-refractivity contribution in [3.8, 4) is 0 Å². The predicted molar refractivity (Wildman–Crippen MR) is 73.6 cm³/mol. The van der Waals surface area contributed by atoms with Crippen LogP contribution in [-0.2, 0) is 14.3 Å². The van der Waals surface area contributed by atoms with E-state index in [1.807, 2.05) is 34.6 Å². The first-order valence-corrected chi connectivity index (χ1v) is 6.94. The minimum atomic E-state index is -0.447. The van der Waals surface area contributed by atoms with Gasteiger partial charge in [0.25, 0.3) is 0 Å². The Morgan fingerprint density at radius 2 is 1.95 bits per heavy atom. The Morgan fingerprint density at radius 3 is 2.42 bits per heavy atom. The van der Waals surface area contributed by atoms with Crippen molar-refractivity contribution in [1.29, 1.82) is 0 Å². The van der Waals surface area contributed by atoms with Gasteiger partial charge in [-0.25, -0.2) is 0 Å². The molecular formula is C14H26N2O3. The second kappa shape index (κ2) is 5.90. The monoisotopic (exact) mass is 270 g/mol. The van der Waals surface area contributed by atoms with Gasteiger partial charge in [-0.2, -0.15) is 0 Å². The normalized spacial score (nSPS) is 24.9. The van der Waals surface area contributed by atoms with Gasteiger partial charge in [-0.05, 0) is 33.6 Å². The zero-order valence-corrected chi connectivity index (χ0v) is 12.8. The third-order valence-electron chi connectivity index (χ3n) is 3.45. The Morgan fingerprint density at radius 1 is 1.37 bits per heavy atom. The largest absolute Gasteiger partial charge is 0.374 e. The van der Waals surface area contributed by atoms with Gasteiger partial charge in [0.2, 0.25) is 11.8 Å². The lowest BCUT2D eigenvalue weighted by Gasteiger charge is -2.42. The number of carbonyl (C=O) groups excluding carboxylic acids is 2. The molecule has 2 amide bonds. The lowest BCUT2D eigenvalue weighted by Crippen LogP contribution is -2.65. The first kappa shape index (κ1) is 16.0. The minimum absolute atomic E-state index is 0.0186. The highest BCUT2D eigenvalue weighted by molar-refractivity contribution is 5.96. The maximum Gasteiger partial charge on any atom is 0.246 e. The van der Waals surface area contributed by atoms with Crippen molar-refractivity contribution in [2.24, 2.45) is 5.92 Å². The molecule has 5 heteroatoms. The number of piperazine rings is 1. The van der Waals surface area contributed by atoms with Crippen molar-refractivity contribution in [2.45, 2.75) is 59.2 Å². The average molecular weight is 270 g/mol. The summed E-state index contributed by atoms with van der Waals surface area (Å²) in [6.45, 7) is 12.4. The van der Waals surface area contributed by atoms with E-state index in [0.717, 1.165) is 0 Å². The van der Waals surface area contributed by atoms with Gasteiger partial charge in [0.1, 0.15) is 12.1 Å². The molecule has 0 saturated carbocycles. The van der Waals surface area contributed by atoms with Gasteiger partial charge < -0.3 is 15.0 Å². The lowest BCUT2D eigenvalue weighted by atomic mass is 9.96. The summed E-state index contributed by atoms with van der Waals surface area (Å²) in [5, 5.41) is 2.79. The zero-order valence-electron chi connectivity index (χ0n) is 12.8. The third kappa shape index (κ3) is 3.69.